The van der Waals surface area contributed by atoms with Crippen molar-refractivity contribution in [1.82, 2.24) is 15.2 Å². The maximum Gasteiger partial charge on any atom is 0.256 e. The molecular formula is C18H23N3O2. The predicted octanol–water partition coefficient (Wildman–Crippen LogP) is 2.35. The molecule has 1 atom stereocenters. The van der Waals surface area contributed by atoms with Gasteiger partial charge in [-0.3, -0.25) is 14.6 Å². The molecule has 0 aliphatic heterocycles. The molecule has 0 saturated heterocycles. The van der Waals surface area contributed by atoms with Crippen LogP contribution in [0, 0.1) is 0 Å². The summed E-state index contributed by atoms with van der Waals surface area (Å²) in [4.78, 5) is 31.0. The minimum absolute atomic E-state index is 0.217. The van der Waals surface area contributed by atoms with Crippen LogP contribution in [0.4, 0.5) is 0 Å². The Kier molecular flexibility index (Phi) is 6.93. The topological polar surface area (TPSA) is 62.3 Å². The molecule has 1 aromatic rings. The molecule has 0 bridgehead atoms. The molecule has 0 fully saturated rings. The van der Waals surface area contributed by atoms with E-state index in [1.165, 1.54) is 17.2 Å². The molecule has 0 aromatic carbocycles. The third-order valence-corrected chi connectivity index (χ3v) is 3.62. The molecule has 23 heavy (non-hydrogen) atoms. The summed E-state index contributed by atoms with van der Waals surface area (Å²) < 4.78 is 0. The largest absolute Gasteiger partial charge is 0.350 e. The highest BCUT2D eigenvalue weighted by Gasteiger charge is 2.42. The summed E-state index contributed by atoms with van der Waals surface area (Å²) >= 11 is 0. The highest BCUT2D eigenvalue weighted by atomic mass is 16.2. The fourth-order valence-electron chi connectivity index (χ4n) is 2.34. The number of amides is 2. The quantitative estimate of drug-likeness (QED) is 0.712. The Morgan fingerprint density at radius 2 is 2.09 bits per heavy atom. The average molecular weight is 313 g/mol. The van der Waals surface area contributed by atoms with Crippen molar-refractivity contribution in [3.05, 3.63) is 68.1 Å². The zero-order valence-electron chi connectivity index (χ0n) is 13.5. The van der Waals surface area contributed by atoms with Crippen LogP contribution in [0.25, 0.3) is 0 Å². The molecule has 1 N–H and O–H groups in total. The molecule has 0 aliphatic carbocycles. The van der Waals surface area contributed by atoms with Gasteiger partial charge in [0.25, 0.3) is 5.91 Å². The Labute approximate surface area is 137 Å². The molecule has 1 aromatic heterocycles. The van der Waals surface area contributed by atoms with Crippen molar-refractivity contribution in [1.29, 1.82) is 0 Å². The maximum atomic E-state index is 12.9. The van der Waals surface area contributed by atoms with E-state index in [1.54, 1.807) is 30.5 Å². The number of carbonyl (C=O) groups is 2. The summed E-state index contributed by atoms with van der Waals surface area (Å²) in [7, 11) is 0. The Morgan fingerprint density at radius 1 is 1.35 bits per heavy atom. The van der Waals surface area contributed by atoms with Crippen LogP contribution in [0.2, 0.25) is 0 Å². The van der Waals surface area contributed by atoms with Crippen molar-refractivity contribution in [3.8, 4) is 0 Å². The van der Waals surface area contributed by atoms with Crippen molar-refractivity contribution >= 4 is 11.8 Å². The second-order valence-corrected chi connectivity index (χ2v) is 4.93. The third-order valence-electron chi connectivity index (χ3n) is 3.62. The number of hydrogen-bond donors (Lipinski definition) is 1. The van der Waals surface area contributed by atoms with Crippen molar-refractivity contribution in [2.24, 2.45) is 0 Å². The average Bonchev–Trinajstić information content (AvgIpc) is 2.60. The second-order valence-electron chi connectivity index (χ2n) is 4.93. The van der Waals surface area contributed by atoms with Crippen LogP contribution in [0.1, 0.15) is 23.7 Å². The van der Waals surface area contributed by atoms with Gasteiger partial charge >= 0.3 is 0 Å². The van der Waals surface area contributed by atoms with Crippen LogP contribution >= 0.6 is 0 Å². The van der Waals surface area contributed by atoms with Crippen LogP contribution in [0.3, 0.4) is 0 Å². The van der Waals surface area contributed by atoms with Crippen LogP contribution in [-0.2, 0) is 4.79 Å². The van der Waals surface area contributed by atoms with Gasteiger partial charge in [-0.25, -0.2) is 0 Å². The molecule has 5 nitrogen and oxygen atoms in total. The van der Waals surface area contributed by atoms with E-state index in [0.717, 1.165) is 0 Å². The lowest BCUT2D eigenvalue weighted by atomic mass is 9.91. The molecule has 1 unspecified atom stereocenters. The van der Waals surface area contributed by atoms with E-state index < -0.39 is 5.54 Å². The SMILES string of the molecule is C=CCNC(=O)C(C=C)(CC)N(CC=C)C(=O)c1cccnc1. The third kappa shape index (κ3) is 3.94. The first-order valence-corrected chi connectivity index (χ1v) is 7.43. The first-order chi connectivity index (χ1) is 11.1. The van der Waals surface area contributed by atoms with Gasteiger partial charge in [-0.1, -0.05) is 25.2 Å². The van der Waals surface area contributed by atoms with Gasteiger partial charge in [0.2, 0.25) is 5.91 Å². The molecule has 1 heterocycles. The van der Waals surface area contributed by atoms with Gasteiger partial charge in [-0.2, -0.15) is 0 Å². The molecule has 0 aliphatic rings. The monoisotopic (exact) mass is 313 g/mol. The summed E-state index contributed by atoms with van der Waals surface area (Å²) in [6.45, 7) is 13.4. The summed E-state index contributed by atoms with van der Waals surface area (Å²) in [5, 5.41) is 2.75. The lowest BCUT2D eigenvalue weighted by molar-refractivity contribution is -0.129. The number of nitrogens with one attached hydrogen (secondary N) is 1. The molecule has 0 saturated carbocycles. The highest BCUT2D eigenvalue weighted by molar-refractivity contribution is 6.00. The highest BCUT2D eigenvalue weighted by Crippen LogP contribution is 2.24. The molecule has 1 rings (SSSR count). The fraction of sp³-hybridized carbons (Fsp3) is 0.278. The summed E-state index contributed by atoms with van der Waals surface area (Å²) in [6, 6.07) is 3.34. The zero-order valence-corrected chi connectivity index (χ0v) is 13.5. The Morgan fingerprint density at radius 3 is 2.57 bits per heavy atom. The number of nitrogens with zero attached hydrogens (tertiary/aromatic N) is 2. The number of pyridine rings is 1. The first-order valence-electron chi connectivity index (χ1n) is 7.43. The van der Waals surface area contributed by atoms with Crippen LogP contribution in [0.5, 0.6) is 0 Å². The van der Waals surface area contributed by atoms with Gasteiger partial charge in [-0.15, -0.1) is 19.7 Å². The minimum atomic E-state index is -1.16. The smallest absolute Gasteiger partial charge is 0.256 e. The fourth-order valence-corrected chi connectivity index (χ4v) is 2.34. The van der Waals surface area contributed by atoms with Gasteiger partial charge in [0, 0.05) is 25.5 Å². The van der Waals surface area contributed by atoms with Gasteiger partial charge in [0.15, 0.2) is 0 Å². The van der Waals surface area contributed by atoms with Gasteiger partial charge < -0.3 is 10.2 Å². The molecule has 0 spiro atoms. The van der Waals surface area contributed by atoms with Crippen LogP contribution < -0.4 is 5.32 Å². The van der Waals surface area contributed by atoms with Crippen molar-refractivity contribution in [2.75, 3.05) is 13.1 Å². The Hall–Kier alpha value is -2.69. The van der Waals surface area contributed by atoms with Crippen molar-refractivity contribution in [3.63, 3.8) is 0 Å². The number of aromatic nitrogens is 1. The van der Waals surface area contributed by atoms with Crippen molar-refractivity contribution < 1.29 is 9.59 Å². The number of rotatable bonds is 9. The molecule has 2 amide bonds. The van der Waals surface area contributed by atoms with Gasteiger partial charge in [0.1, 0.15) is 5.54 Å². The van der Waals surface area contributed by atoms with Gasteiger partial charge in [0.05, 0.1) is 5.56 Å². The number of carbonyl (C=O) groups excluding carboxylic acids is 2. The Bertz CT molecular complexity index is 583. The van der Waals surface area contributed by atoms with E-state index in [2.05, 4.69) is 30.0 Å². The van der Waals surface area contributed by atoms with E-state index in [0.29, 0.717) is 18.5 Å². The van der Waals surface area contributed by atoms with E-state index in [-0.39, 0.29) is 18.4 Å². The number of hydrogen-bond acceptors (Lipinski definition) is 3. The van der Waals surface area contributed by atoms with E-state index >= 15 is 0 Å². The first kappa shape index (κ1) is 18.4. The summed E-state index contributed by atoms with van der Waals surface area (Å²) in [5.41, 5.74) is -0.755. The standard InChI is InChI=1S/C18H23N3O2/c1-5-11-20-17(23)18(7-3,8-4)21(13-6-2)16(22)15-10-9-12-19-14-15/h5-7,9-10,12,14H,1-3,8,11,13H2,4H3,(H,20,23). The zero-order chi connectivity index (χ0) is 17.3. The summed E-state index contributed by atoms with van der Waals surface area (Å²) in [5.74, 6) is -0.595. The molecule has 0 radical (unpaired) electrons. The van der Waals surface area contributed by atoms with E-state index in [4.69, 9.17) is 0 Å². The predicted molar refractivity (Wildman–Crippen MR) is 91.9 cm³/mol. The lowest BCUT2D eigenvalue weighted by Gasteiger charge is -2.39. The van der Waals surface area contributed by atoms with Gasteiger partial charge in [-0.05, 0) is 18.6 Å². The van der Waals surface area contributed by atoms with E-state index in [9.17, 15) is 9.59 Å². The van der Waals surface area contributed by atoms with Crippen LogP contribution in [0.15, 0.2) is 62.5 Å². The minimum Gasteiger partial charge on any atom is -0.350 e. The maximum absolute atomic E-state index is 12.9. The van der Waals surface area contributed by atoms with E-state index in [1.807, 2.05) is 6.92 Å². The molecule has 5 heteroatoms. The second kappa shape index (κ2) is 8.68. The van der Waals surface area contributed by atoms with Crippen LogP contribution in [-0.4, -0.2) is 40.3 Å². The summed E-state index contributed by atoms with van der Waals surface area (Å²) in [6.07, 6.45) is 8.13. The molecule has 122 valence electrons. The normalized spacial score (nSPS) is 12.6. The van der Waals surface area contributed by atoms with Crippen molar-refractivity contribution in [2.45, 2.75) is 18.9 Å². The Balaban J connectivity index is 3.28. The molecular weight excluding hydrogens is 290 g/mol. The lowest BCUT2D eigenvalue weighted by Crippen LogP contribution is -2.59.